The standard InChI is InChI=1S/C10H14FN.C2H6/c1-12-8-2-3-9-4-6-10(11)7-5-9;1-2/h4-7,12H,2-3,8H2,1H3;1-2H3. The van der Waals surface area contributed by atoms with Gasteiger partial charge >= 0.3 is 0 Å². The lowest BCUT2D eigenvalue weighted by atomic mass is 10.1. The predicted octanol–water partition coefficient (Wildman–Crippen LogP) is 3.00. The Morgan fingerprint density at radius 3 is 2.21 bits per heavy atom. The molecular formula is C12H20FN. The minimum atomic E-state index is -0.160. The van der Waals surface area contributed by atoms with E-state index in [0.29, 0.717) is 0 Å². The van der Waals surface area contributed by atoms with Crippen LogP contribution in [0.4, 0.5) is 4.39 Å². The number of hydrogen-bond donors (Lipinski definition) is 1. The van der Waals surface area contributed by atoms with Crippen LogP contribution in [-0.4, -0.2) is 13.6 Å². The van der Waals surface area contributed by atoms with Gasteiger partial charge in [-0.3, -0.25) is 0 Å². The SMILES string of the molecule is CC.CNCCCc1ccc(F)cc1. The Morgan fingerprint density at radius 2 is 1.71 bits per heavy atom. The van der Waals surface area contributed by atoms with Crippen LogP contribution in [0.5, 0.6) is 0 Å². The van der Waals surface area contributed by atoms with Crippen molar-refractivity contribution < 1.29 is 4.39 Å². The van der Waals surface area contributed by atoms with Crippen LogP contribution >= 0.6 is 0 Å². The van der Waals surface area contributed by atoms with Crippen molar-refractivity contribution in [1.82, 2.24) is 5.32 Å². The molecule has 80 valence electrons. The molecule has 2 heteroatoms. The zero-order valence-corrected chi connectivity index (χ0v) is 9.31. The second-order valence-corrected chi connectivity index (χ2v) is 2.83. The second kappa shape index (κ2) is 8.70. The maximum Gasteiger partial charge on any atom is 0.123 e. The summed E-state index contributed by atoms with van der Waals surface area (Å²) in [6.45, 7) is 5.01. The summed E-state index contributed by atoms with van der Waals surface area (Å²) in [6, 6.07) is 6.69. The Hall–Kier alpha value is -0.890. The minimum absolute atomic E-state index is 0.160. The van der Waals surface area contributed by atoms with Crippen LogP contribution in [0.25, 0.3) is 0 Å². The molecule has 1 rings (SSSR count). The molecule has 0 amide bonds. The van der Waals surface area contributed by atoms with Crippen LogP contribution in [0.1, 0.15) is 25.8 Å². The number of rotatable bonds is 4. The lowest BCUT2D eigenvalue weighted by Gasteiger charge is -2.00. The van der Waals surface area contributed by atoms with Crippen LogP contribution in [-0.2, 0) is 6.42 Å². The summed E-state index contributed by atoms with van der Waals surface area (Å²) >= 11 is 0. The first-order valence-corrected chi connectivity index (χ1v) is 5.22. The van der Waals surface area contributed by atoms with Crippen molar-refractivity contribution in [3.8, 4) is 0 Å². The Kier molecular flexibility index (Phi) is 8.14. The molecule has 0 unspecified atom stereocenters. The summed E-state index contributed by atoms with van der Waals surface area (Å²) in [5, 5.41) is 3.08. The number of hydrogen-bond acceptors (Lipinski definition) is 1. The number of aryl methyl sites for hydroxylation is 1. The van der Waals surface area contributed by atoms with Crippen molar-refractivity contribution in [3.05, 3.63) is 35.6 Å². The van der Waals surface area contributed by atoms with E-state index >= 15 is 0 Å². The van der Waals surface area contributed by atoms with Crippen molar-refractivity contribution in [2.24, 2.45) is 0 Å². The van der Waals surface area contributed by atoms with E-state index in [0.717, 1.165) is 19.4 Å². The van der Waals surface area contributed by atoms with E-state index in [1.165, 1.54) is 17.7 Å². The van der Waals surface area contributed by atoms with E-state index in [4.69, 9.17) is 0 Å². The van der Waals surface area contributed by atoms with E-state index in [9.17, 15) is 4.39 Å². The normalized spacial score (nSPS) is 9.14. The summed E-state index contributed by atoms with van der Waals surface area (Å²) in [5.41, 5.74) is 1.20. The van der Waals surface area contributed by atoms with Crippen molar-refractivity contribution >= 4 is 0 Å². The first-order chi connectivity index (χ1) is 6.83. The van der Waals surface area contributed by atoms with Gasteiger partial charge in [0.2, 0.25) is 0 Å². The smallest absolute Gasteiger partial charge is 0.123 e. The zero-order valence-electron chi connectivity index (χ0n) is 9.31. The van der Waals surface area contributed by atoms with Gasteiger partial charge in [-0.25, -0.2) is 4.39 Å². The third kappa shape index (κ3) is 5.70. The van der Waals surface area contributed by atoms with Crippen molar-refractivity contribution in [2.45, 2.75) is 26.7 Å². The molecule has 0 bridgehead atoms. The maximum atomic E-state index is 12.5. The average molecular weight is 197 g/mol. The summed E-state index contributed by atoms with van der Waals surface area (Å²) in [4.78, 5) is 0. The first-order valence-electron chi connectivity index (χ1n) is 5.22. The van der Waals surface area contributed by atoms with Crippen LogP contribution in [0.3, 0.4) is 0 Å². The maximum absolute atomic E-state index is 12.5. The molecule has 1 nitrogen and oxygen atoms in total. The Labute approximate surface area is 86.3 Å². The van der Waals surface area contributed by atoms with Gasteiger partial charge in [0.25, 0.3) is 0 Å². The Bertz CT molecular complexity index is 218. The van der Waals surface area contributed by atoms with Gasteiger partial charge in [0, 0.05) is 0 Å². The highest BCUT2D eigenvalue weighted by Crippen LogP contribution is 2.04. The summed E-state index contributed by atoms with van der Waals surface area (Å²) in [7, 11) is 1.94. The third-order valence-corrected chi connectivity index (χ3v) is 1.81. The molecule has 0 saturated carbocycles. The van der Waals surface area contributed by atoms with E-state index in [-0.39, 0.29) is 5.82 Å². The molecule has 0 heterocycles. The van der Waals surface area contributed by atoms with Gasteiger partial charge in [0.1, 0.15) is 5.82 Å². The topological polar surface area (TPSA) is 12.0 Å². The quantitative estimate of drug-likeness (QED) is 0.732. The van der Waals surface area contributed by atoms with E-state index < -0.39 is 0 Å². The highest BCUT2D eigenvalue weighted by molar-refractivity contribution is 5.15. The molecule has 0 radical (unpaired) electrons. The van der Waals surface area contributed by atoms with Crippen LogP contribution in [0, 0.1) is 5.82 Å². The number of nitrogens with one attached hydrogen (secondary N) is 1. The highest BCUT2D eigenvalue weighted by atomic mass is 19.1. The van der Waals surface area contributed by atoms with E-state index in [1.54, 1.807) is 0 Å². The van der Waals surface area contributed by atoms with E-state index in [1.807, 2.05) is 33.0 Å². The lowest BCUT2D eigenvalue weighted by Crippen LogP contribution is -2.08. The van der Waals surface area contributed by atoms with Crippen molar-refractivity contribution in [2.75, 3.05) is 13.6 Å². The highest BCUT2D eigenvalue weighted by Gasteiger charge is 1.92. The molecule has 1 aromatic rings. The second-order valence-electron chi connectivity index (χ2n) is 2.83. The number of halogens is 1. The van der Waals surface area contributed by atoms with Crippen LogP contribution in [0.2, 0.25) is 0 Å². The van der Waals surface area contributed by atoms with Gasteiger partial charge in [0.05, 0.1) is 0 Å². The summed E-state index contributed by atoms with van der Waals surface area (Å²) < 4.78 is 12.5. The largest absolute Gasteiger partial charge is 0.320 e. The molecule has 0 saturated heterocycles. The molecule has 14 heavy (non-hydrogen) atoms. The molecule has 0 aliphatic rings. The molecule has 1 N–H and O–H groups in total. The Balaban J connectivity index is 0.000000791. The molecule has 0 fully saturated rings. The van der Waals surface area contributed by atoms with E-state index in [2.05, 4.69) is 5.32 Å². The molecule has 0 aliphatic carbocycles. The van der Waals surface area contributed by atoms with Gasteiger partial charge in [0.15, 0.2) is 0 Å². The van der Waals surface area contributed by atoms with Gasteiger partial charge in [-0.1, -0.05) is 26.0 Å². The first kappa shape index (κ1) is 13.1. The molecule has 0 atom stereocenters. The average Bonchev–Trinajstić information content (AvgIpc) is 2.24. The van der Waals surface area contributed by atoms with Crippen LogP contribution in [0.15, 0.2) is 24.3 Å². The lowest BCUT2D eigenvalue weighted by molar-refractivity contribution is 0.626. The monoisotopic (exact) mass is 197 g/mol. The third-order valence-electron chi connectivity index (χ3n) is 1.81. The zero-order chi connectivity index (χ0) is 10.8. The summed E-state index contributed by atoms with van der Waals surface area (Å²) in [6.07, 6.45) is 2.11. The van der Waals surface area contributed by atoms with Gasteiger partial charge in [-0.05, 0) is 44.1 Å². The van der Waals surface area contributed by atoms with Crippen molar-refractivity contribution in [3.63, 3.8) is 0 Å². The Morgan fingerprint density at radius 1 is 1.14 bits per heavy atom. The fourth-order valence-electron chi connectivity index (χ4n) is 1.12. The van der Waals surface area contributed by atoms with Crippen molar-refractivity contribution in [1.29, 1.82) is 0 Å². The van der Waals surface area contributed by atoms with Gasteiger partial charge in [-0.15, -0.1) is 0 Å². The fraction of sp³-hybridized carbons (Fsp3) is 0.500. The predicted molar refractivity (Wildman–Crippen MR) is 60.0 cm³/mol. The van der Waals surface area contributed by atoms with Gasteiger partial charge < -0.3 is 5.32 Å². The minimum Gasteiger partial charge on any atom is -0.320 e. The fourth-order valence-corrected chi connectivity index (χ4v) is 1.12. The molecule has 0 aromatic heterocycles. The van der Waals surface area contributed by atoms with Crippen LogP contribution < -0.4 is 5.32 Å². The molecular weight excluding hydrogens is 177 g/mol. The number of benzene rings is 1. The molecule has 0 spiro atoms. The van der Waals surface area contributed by atoms with Gasteiger partial charge in [-0.2, -0.15) is 0 Å². The molecule has 1 aromatic carbocycles. The summed E-state index contributed by atoms with van der Waals surface area (Å²) in [5.74, 6) is -0.160. The molecule has 0 aliphatic heterocycles.